The number of aryl methyl sites for hydroxylation is 1. The molecule has 1 atom stereocenters. The van der Waals surface area contributed by atoms with Crippen LogP contribution in [-0.2, 0) is 0 Å². The summed E-state index contributed by atoms with van der Waals surface area (Å²) >= 11 is 0. The maximum Gasteiger partial charge on any atom is 0.0506 e. The van der Waals surface area contributed by atoms with Crippen molar-refractivity contribution < 1.29 is 0 Å². The lowest BCUT2D eigenvalue weighted by Gasteiger charge is -2.45. The van der Waals surface area contributed by atoms with Gasteiger partial charge in [0.2, 0.25) is 0 Å². The number of hydrogen-bond acceptors (Lipinski definition) is 2. The Morgan fingerprint density at radius 2 is 1.58 bits per heavy atom. The van der Waals surface area contributed by atoms with Gasteiger partial charge in [0.25, 0.3) is 0 Å². The molecule has 0 fully saturated rings. The Bertz CT molecular complexity index is 363. The van der Waals surface area contributed by atoms with Gasteiger partial charge in [-0.3, -0.25) is 0 Å². The van der Waals surface area contributed by atoms with Gasteiger partial charge in [0, 0.05) is 5.54 Å². The van der Waals surface area contributed by atoms with Crippen molar-refractivity contribution in [3.63, 3.8) is 0 Å². The summed E-state index contributed by atoms with van der Waals surface area (Å²) in [6, 6.07) is 9.35. The third-order valence-electron chi connectivity index (χ3n) is 4.47. The molecular weight excluding hydrogens is 232 g/mol. The summed E-state index contributed by atoms with van der Waals surface area (Å²) in [5, 5.41) is 3.70. The van der Waals surface area contributed by atoms with E-state index in [0.717, 1.165) is 19.4 Å². The smallest absolute Gasteiger partial charge is 0.0506 e. The van der Waals surface area contributed by atoms with Gasteiger partial charge in [-0.1, -0.05) is 50.6 Å². The minimum absolute atomic E-state index is 0.172. The van der Waals surface area contributed by atoms with Crippen molar-refractivity contribution >= 4 is 0 Å². The second-order valence-electron chi connectivity index (χ2n) is 5.61. The maximum atomic E-state index is 3.70. The largest absolute Gasteiger partial charge is 0.309 e. The van der Waals surface area contributed by atoms with Crippen LogP contribution < -0.4 is 5.32 Å². The number of hydrogen-bond donors (Lipinski definition) is 1. The molecule has 0 aliphatic heterocycles. The van der Waals surface area contributed by atoms with Gasteiger partial charge in [-0.2, -0.15) is 0 Å². The molecule has 2 heteroatoms. The van der Waals surface area contributed by atoms with Crippen LogP contribution in [0.5, 0.6) is 0 Å². The SMILES string of the molecule is CCNC(c1ccc(C)cc1)C(CC)(CC)N(C)C. The molecule has 0 amide bonds. The predicted octanol–water partition coefficient (Wildman–Crippen LogP) is 3.77. The average Bonchev–Trinajstić information content (AvgIpc) is 2.40. The lowest BCUT2D eigenvalue weighted by molar-refractivity contribution is 0.0889. The minimum Gasteiger partial charge on any atom is -0.309 e. The third-order valence-corrected chi connectivity index (χ3v) is 4.47. The average molecular weight is 262 g/mol. The van der Waals surface area contributed by atoms with Gasteiger partial charge in [-0.05, 0) is 46.0 Å². The van der Waals surface area contributed by atoms with Crippen LogP contribution >= 0.6 is 0 Å². The highest BCUT2D eigenvalue weighted by Crippen LogP contribution is 2.36. The normalized spacial score (nSPS) is 13.8. The summed E-state index contributed by atoms with van der Waals surface area (Å²) < 4.78 is 0. The van der Waals surface area contributed by atoms with Crippen LogP contribution in [0, 0.1) is 6.92 Å². The van der Waals surface area contributed by atoms with Crippen LogP contribution in [0.3, 0.4) is 0 Å². The number of likely N-dealkylation sites (N-methyl/N-ethyl adjacent to an activating group) is 2. The van der Waals surface area contributed by atoms with Crippen LogP contribution in [0.15, 0.2) is 24.3 Å². The first-order valence-electron chi connectivity index (χ1n) is 7.49. The molecule has 0 aromatic heterocycles. The molecule has 2 nitrogen and oxygen atoms in total. The molecule has 0 spiro atoms. The van der Waals surface area contributed by atoms with Crippen LogP contribution in [0.4, 0.5) is 0 Å². The Balaban J connectivity index is 3.20. The molecule has 1 rings (SSSR count). The van der Waals surface area contributed by atoms with E-state index < -0.39 is 0 Å². The maximum absolute atomic E-state index is 3.70. The van der Waals surface area contributed by atoms with Crippen LogP contribution in [0.25, 0.3) is 0 Å². The van der Waals surface area contributed by atoms with E-state index in [-0.39, 0.29) is 5.54 Å². The molecule has 1 aromatic rings. The Hall–Kier alpha value is -0.860. The van der Waals surface area contributed by atoms with Crippen molar-refractivity contribution in [2.45, 2.75) is 52.1 Å². The number of nitrogens with zero attached hydrogens (tertiary/aromatic N) is 1. The molecule has 0 saturated carbocycles. The van der Waals surface area contributed by atoms with Crippen molar-refractivity contribution in [2.75, 3.05) is 20.6 Å². The zero-order valence-electron chi connectivity index (χ0n) is 13.5. The fourth-order valence-electron chi connectivity index (χ4n) is 3.13. The molecule has 1 N–H and O–H groups in total. The van der Waals surface area contributed by atoms with Crippen molar-refractivity contribution in [1.29, 1.82) is 0 Å². The number of nitrogens with one attached hydrogen (secondary N) is 1. The number of benzene rings is 1. The first-order chi connectivity index (χ1) is 9.01. The van der Waals surface area contributed by atoms with E-state index in [1.54, 1.807) is 0 Å². The number of rotatable bonds is 7. The summed E-state index contributed by atoms with van der Waals surface area (Å²) in [4.78, 5) is 2.39. The molecule has 19 heavy (non-hydrogen) atoms. The van der Waals surface area contributed by atoms with Crippen molar-refractivity contribution in [3.8, 4) is 0 Å². The molecule has 0 aliphatic carbocycles. The lowest BCUT2D eigenvalue weighted by atomic mass is 9.79. The Morgan fingerprint density at radius 1 is 1.05 bits per heavy atom. The van der Waals surface area contributed by atoms with Crippen LogP contribution in [0.1, 0.15) is 50.8 Å². The highest BCUT2D eigenvalue weighted by molar-refractivity contribution is 5.27. The van der Waals surface area contributed by atoms with E-state index in [2.05, 4.69) is 76.3 Å². The first kappa shape index (κ1) is 16.2. The quantitative estimate of drug-likeness (QED) is 0.805. The van der Waals surface area contributed by atoms with E-state index in [1.165, 1.54) is 11.1 Å². The molecule has 108 valence electrons. The topological polar surface area (TPSA) is 15.3 Å². The first-order valence-corrected chi connectivity index (χ1v) is 7.49. The molecule has 0 saturated heterocycles. The highest BCUT2D eigenvalue weighted by atomic mass is 15.2. The van der Waals surface area contributed by atoms with Crippen LogP contribution in [-0.4, -0.2) is 31.1 Å². The summed E-state index contributed by atoms with van der Waals surface area (Å²) in [6.07, 6.45) is 2.28. The van der Waals surface area contributed by atoms with E-state index in [1.807, 2.05) is 0 Å². The van der Waals surface area contributed by atoms with Crippen molar-refractivity contribution in [3.05, 3.63) is 35.4 Å². The molecule has 0 aliphatic rings. The van der Waals surface area contributed by atoms with E-state index in [4.69, 9.17) is 0 Å². The van der Waals surface area contributed by atoms with Crippen LogP contribution in [0.2, 0.25) is 0 Å². The summed E-state index contributed by atoms with van der Waals surface area (Å²) in [5.74, 6) is 0. The molecular formula is C17H30N2. The Labute approximate surface area is 119 Å². The van der Waals surface area contributed by atoms with Crippen molar-refractivity contribution in [1.82, 2.24) is 10.2 Å². The lowest BCUT2D eigenvalue weighted by Crippen LogP contribution is -2.53. The van der Waals surface area contributed by atoms with E-state index >= 15 is 0 Å². The second kappa shape index (κ2) is 7.06. The standard InChI is InChI=1S/C17H30N2/c1-7-17(8-2,19(5)6)16(18-9-3)15-12-10-14(4)11-13-15/h10-13,16,18H,7-9H2,1-6H3. The Kier molecular flexibility index (Phi) is 6.02. The second-order valence-corrected chi connectivity index (χ2v) is 5.61. The highest BCUT2D eigenvalue weighted by Gasteiger charge is 2.38. The fraction of sp³-hybridized carbons (Fsp3) is 0.647. The predicted molar refractivity (Wildman–Crippen MR) is 84.6 cm³/mol. The summed E-state index contributed by atoms with van der Waals surface area (Å²) in [7, 11) is 4.40. The monoisotopic (exact) mass is 262 g/mol. The minimum atomic E-state index is 0.172. The van der Waals surface area contributed by atoms with Gasteiger partial charge in [0.1, 0.15) is 0 Å². The molecule has 0 heterocycles. The summed E-state index contributed by atoms with van der Waals surface area (Å²) in [5.41, 5.74) is 2.89. The van der Waals surface area contributed by atoms with Gasteiger partial charge in [-0.15, -0.1) is 0 Å². The molecule has 1 aromatic carbocycles. The van der Waals surface area contributed by atoms with E-state index in [0.29, 0.717) is 6.04 Å². The molecule has 1 unspecified atom stereocenters. The van der Waals surface area contributed by atoms with E-state index in [9.17, 15) is 0 Å². The zero-order valence-corrected chi connectivity index (χ0v) is 13.5. The molecule has 0 bridgehead atoms. The zero-order chi connectivity index (χ0) is 14.5. The van der Waals surface area contributed by atoms with Crippen molar-refractivity contribution in [2.24, 2.45) is 0 Å². The molecule has 0 radical (unpaired) electrons. The summed E-state index contributed by atoms with van der Waals surface area (Å²) in [6.45, 7) is 9.91. The fourth-order valence-corrected chi connectivity index (χ4v) is 3.13. The van der Waals surface area contributed by atoms with Gasteiger partial charge in [-0.25, -0.2) is 0 Å². The van der Waals surface area contributed by atoms with Gasteiger partial charge >= 0.3 is 0 Å². The third kappa shape index (κ3) is 3.37. The van der Waals surface area contributed by atoms with Gasteiger partial charge in [0.15, 0.2) is 0 Å². The Morgan fingerprint density at radius 3 is 1.95 bits per heavy atom. The van der Waals surface area contributed by atoms with Gasteiger partial charge in [0.05, 0.1) is 6.04 Å². The van der Waals surface area contributed by atoms with Gasteiger partial charge < -0.3 is 10.2 Å².